The van der Waals surface area contributed by atoms with E-state index >= 15 is 0 Å². The Kier molecular flexibility index (Phi) is 4.68. The molecule has 0 aliphatic heterocycles. The highest BCUT2D eigenvalue weighted by Gasteiger charge is 2.39. The first-order valence-electron chi connectivity index (χ1n) is 9.48. The van der Waals surface area contributed by atoms with Crippen LogP contribution in [-0.2, 0) is 17.4 Å². The number of aliphatic hydroxyl groups is 1. The number of rotatable bonds is 2. The van der Waals surface area contributed by atoms with E-state index < -0.39 is 25.2 Å². The van der Waals surface area contributed by atoms with Crippen molar-refractivity contribution in [1.29, 1.82) is 5.26 Å². The Labute approximate surface area is 163 Å². The van der Waals surface area contributed by atoms with Crippen LogP contribution in [0.3, 0.4) is 0 Å². The van der Waals surface area contributed by atoms with Crippen molar-refractivity contribution in [3.8, 4) is 6.07 Å². The van der Waals surface area contributed by atoms with Crippen LogP contribution in [0.15, 0.2) is 24.3 Å². The fraction of sp³-hybridized carbons (Fsp3) is 0.409. The van der Waals surface area contributed by atoms with Crippen LogP contribution in [0.2, 0.25) is 0 Å². The van der Waals surface area contributed by atoms with E-state index in [0.29, 0.717) is 28.4 Å². The van der Waals surface area contributed by atoms with E-state index in [4.69, 9.17) is 0 Å². The fourth-order valence-electron chi connectivity index (χ4n) is 4.85. The summed E-state index contributed by atoms with van der Waals surface area (Å²) in [6.45, 7) is 3.24. The average Bonchev–Trinajstić information content (AvgIpc) is 2.93. The van der Waals surface area contributed by atoms with Crippen molar-refractivity contribution in [3.05, 3.63) is 63.5 Å². The Morgan fingerprint density at radius 2 is 2.00 bits per heavy atom. The number of aliphatic hydroxyl groups excluding tert-OH is 1. The van der Waals surface area contributed by atoms with E-state index in [1.165, 1.54) is 12.1 Å². The summed E-state index contributed by atoms with van der Waals surface area (Å²) in [4.78, 5) is 0. The summed E-state index contributed by atoms with van der Waals surface area (Å²) in [6.07, 6.45) is -0.356. The minimum Gasteiger partial charge on any atom is -0.385 e. The number of alkyl halides is 1. The van der Waals surface area contributed by atoms with Crippen molar-refractivity contribution < 1.29 is 18.5 Å². The Morgan fingerprint density at radius 3 is 2.68 bits per heavy atom. The molecule has 4 rings (SSSR count). The predicted octanol–water partition coefficient (Wildman–Crippen LogP) is 4.34. The molecule has 0 saturated carbocycles. The molecule has 0 aromatic heterocycles. The average molecular weight is 401 g/mol. The van der Waals surface area contributed by atoms with Gasteiger partial charge in [0.2, 0.25) is 0 Å². The van der Waals surface area contributed by atoms with Gasteiger partial charge in [-0.1, -0.05) is 12.1 Å². The molecule has 0 saturated heterocycles. The zero-order valence-electron chi connectivity index (χ0n) is 15.9. The van der Waals surface area contributed by atoms with Crippen molar-refractivity contribution in [1.82, 2.24) is 0 Å². The van der Waals surface area contributed by atoms with Crippen LogP contribution >= 0.6 is 7.14 Å². The maximum Gasteiger partial charge on any atom is 0.134 e. The molecule has 28 heavy (non-hydrogen) atoms. The van der Waals surface area contributed by atoms with Crippen LogP contribution in [0, 0.1) is 17.1 Å². The van der Waals surface area contributed by atoms with Crippen molar-refractivity contribution in [2.45, 2.75) is 43.9 Å². The molecule has 0 fully saturated rings. The zero-order valence-corrected chi connectivity index (χ0v) is 16.8. The summed E-state index contributed by atoms with van der Waals surface area (Å²) in [7, 11) is -2.70. The van der Waals surface area contributed by atoms with Crippen molar-refractivity contribution in [2.75, 3.05) is 13.3 Å². The van der Waals surface area contributed by atoms with Gasteiger partial charge in [-0.2, -0.15) is 5.26 Å². The minimum absolute atomic E-state index is 0.0641. The normalized spacial score (nSPS) is 23.8. The van der Waals surface area contributed by atoms with Gasteiger partial charge in [0.25, 0.3) is 0 Å². The van der Waals surface area contributed by atoms with Crippen molar-refractivity contribution >= 4 is 12.4 Å². The lowest BCUT2D eigenvalue weighted by atomic mass is 9.75. The molecular formula is C22H22F2NO2P. The number of halogens is 2. The van der Waals surface area contributed by atoms with Crippen molar-refractivity contribution in [2.24, 2.45) is 0 Å². The van der Waals surface area contributed by atoms with Crippen LogP contribution in [0.4, 0.5) is 8.78 Å². The molecule has 0 amide bonds. The van der Waals surface area contributed by atoms with E-state index in [9.17, 15) is 23.7 Å². The number of hydrogen-bond acceptors (Lipinski definition) is 3. The summed E-state index contributed by atoms with van der Waals surface area (Å²) >= 11 is 0. The molecule has 3 nitrogen and oxygen atoms in total. The monoisotopic (exact) mass is 401 g/mol. The third-order valence-electron chi connectivity index (χ3n) is 6.00. The molecule has 2 aromatic rings. The topological polar surface area (TPSA) is 61.1 Å². The molecule has 0 heterocycles. The highest BCUT2D eigenvalue weighted by atomic mass is 31.2. The molecule has 6 heteroatoms. The van der Waals surface area contributed by atoms with E-state index in [0.717, 1.165) is 29.5 Å². The summed E-state index contributed by atoms with van der Waals surface area (Å²) in [5.41, 5.74) is 3.94. The van der Waals surface area contributed by atoms with Crippen LogP contribution in [0.1, 0.15) is 58.2 Å². The second-order valence-electron chi connectivity index (χ2n) is 8.16. The van der Waals surface area contributed by atoms with E-state index in [2.05, 4.69) is 6.07 Å². The Bertz CT molecular complexity index is 1050. The van der Waals surface area contributed by atoms with Crippen LogP contribution in [0.5, 0.6) is 0 Å². The van der Waals surface area contributed by atoms with Crippen molar-refractivity contribution in [3.63, 3.8) is 0 Å². The quantitative estimate of drug-likeness (QED) is 0.762. The lowest BCUT2D eigenvalue weighted by Gasteiger charge is -2.29. The third-order valence-corrected chi connectivity index (χ3v) is 7.55. The van der Waals surface area contributed by atoms with Crippen LogP contribution < -0.4 is 5.30 Å². The van der Waals surface area contributed by atoms with Crippen LogP contribution in [0.25, 0.3) is 0 Å². The Hall–Kier alpha value is -2.02. The molecule has 1 N–H and O–H groups in total. The minimum atomic E-state index is -2.70. The highest BCUT2D eigenvalue weighted by Crippen LogP contribution is 2.48. The molecule has 0 radical (unpaired) electrons. The Balaban J connectivity index is 1.95. The third kappa shape index (κ3) is 3.00. The summed E-state index contributed by atoms with van der Waals surface area (Å²) in [5.74, 6) is -0.582. The van der Waals surface area contributed by atoms with Gasteiger partial charge in [0, 0.05) is 17.6 Å². The lowest BCUT2D eigenvalue weighted by Crippen LogP contribution is -2.19. The highest BCUT2D eigenvalue weighted by molar-refractivity contribution is 7.70. The zero-order chi connectivity index (χ0) is 20.2. The molecule has 0 spiro atoms. The van der Waals surface area contributed by atoms with Gasteiger partial charge in [0.05, 0.1) is 11.6 Å². The first-order valence-corrected chi connectivity index (χ1v) is 12.1. The Morgan fingerprint density at radius 1 is 1.25 bits per heavy atom. The fourth-order valence-corrected chi connectivity index (χ4v) is 6.13. The van der Waals surface area contributed by atoms with Gasteiger partial charge in [-0.3, -0.25) is 0 Å². The molecule has 146 valence electrons. The molecule has 3 atom stereocenters. The van der Waals surface area contributed by atoms with Gasteiger partial charge >= 0.3 is 0 Å². The van der Waals surface area contributed by atoms with Gasteiger partial charge in [-0.05, 0) is 72.5 Å². The summed E-state index contributed by atoms with van der Waals surface area (Å²) < 4.78 is 41.1. The first-order chi connectivity index (χ1) is 13.2. The van der Waals surface area contributed by atoms with E-state index in [1.54, 1.807) is 19.4 Å². The molecular weight excluding hydrogens is 379 g/mol. The summed E-state index contributed by atoms with van der Waals surface area (Å²) in [6, 6.07) is 8.45. The SMILES string of the molecule is CP(C)(=O)c1ccc([C@H]2CCCc3cc(F)cc(C#N)c32)c2c1[C@H](O)[C@H](F)C2. The number of nitriles is 1. The number of benzene rings is 2. The second-order valence-corrected chi connectivity index (χ2v) is 11.3. The second kappa shape index (κ2) is 6.79. The predicted molar refractivity (Wildman–Crippen MR) is 105 cm³/mol. The smallest absolute Gasteiger partial charge is 0.134 e. The maximum absolute atomic E-state index is 14.5. The summed E-state index contributed by atoms with van der Waals surface area (Å²) in [5, 5.41) is 20.5. The van der Waals surface area contributed by atoms with E-state index in [-0.39, 0.29) is 12.3 Å². The number of aryl methyl sites for hydroxylation is 1. The number of fused-ring (bicyclic) bond motifs is 2. The number of hydrogen-bond donors (Lipinski definition) is 1. The van der Waals surface area contributed by atoms with E-state index in [1.807, 2.05) is 6.07 Å². The molecule has 2 aromatic carbocycles. The molecule has 0 unspecified atom stereocenters. The molecule has 2 aliphatic rings. The van der Waals surface area contributed by atoms with Gasteiger partial charge in [-0.15, -0.1) is 0 Å². The molecule has 0 bridgehead atoms. The molecule has 2 aliphatic carbocycles. The van der Waals surface area contributed by atoms with Gasteiger partial charge in [0.15, 0.2) is 0 Å². The van der Waals surface area contributed by atoms with Gasteiger partial charge in [0.1, 0.15) is 25.2 Å². The number of nitrogens with zero attached hydrogens (tertiary/aromatic N) is 1. The van der Waals surface area contributed by atoms with Gasteiger partial charge < -0.3 is 9.67 Å². The van der Waals surface area contributed by atoms with Gasteiger partial charge in [-0.25, -0.2) is 8.78 Å². The van der Waals surface area contributed by atoms with Crippen LogP contribution in [-0.4, -0.2) is 24.6 Å². The standard InChI is InChI=1S/C22H22F2NO2P/c1-28(2,27)19-7-6-15(17-10-18(24)22(26)21(17)19)16-5-3-4-12-8-14(23)9-13(11-25)20(12)16/h6-9,16,18,22,26H,3-5,10H2,1-2H3/t16-,18-,22-/m1/s1. The lowest BCUT2D eigenvalue weighted by molar-refractivity contribution is 0.0932. The first kappa shape index (κ1) is 19.3. The maximum atomic E-state index is 14.5. The largest absolute Gasteiger partial charge is 0.385 e.